The summed E-state index contributed by atoms with van der Waals surface area (Å²) in [5, 5.41) is 9.28. The summed E-state index contributed by atoms with van der Waals surface area (Å²) in [4.78, 5) is 6.37. The quantitative estimate of drug-likeness (QED) is 0.848. The van der Waals surface area contributed by atoms with Gasteiger partial charge in [-0.1, -0.05) is 6.07 Å². The number of hydrogen-bond acceptors (Lipinski definition) is 3. The molecule has 16 heavy (non-hydrogen) atoms. The number of aliphatic hydroxyl groups is 1. The van der Waals surface area contributed by atoms with Gasteiger partial charge >= 0.3 is 0 Å². The molecule has 0 aromatic carbocycles. The number of rotatable bonds is 4. The average molecular weight is 219 g/mol. The minimum atomic E-state index is -0.260. The molecule has 2 aromatic heterocycles. The Bertz CT molecular complexity index is 464. The Kier molecular flexibility index (Phi) is 3.10. The van der Waals surface area contributed by atoms with Crippen molar-refractivity contribution in [3.8, 4) is 0 Å². The van der Waals surface area contributed by atoms with Crippen LogP contribution in [-0.2, 0) is 0 Å². The second-order valence-electron chi connectivity index (χ2n) is 4.10. The van der Waals surface area contributed by atoms with E-state index in [9.17, 15) is 5.11 Å². The molecular formula is C12H17N3O. The zero-order valence-electron chi connectivity index (χ0n) is 9.67. The van der Waals surface area contributed by atoms with Crippen molar-refractivity contribution < 1.29 is 5.11 Å². The predicted octanol–water partition coefficient (Wildman–Crippen LogP) is 1.54. The summed E-state index contributed by atoms with van der Waals surface area (Å²) in [6.07, 6.45) is 4.25. The van der Waals surface area contributed by atoms with Gasteiger partial charge in [0, 0.05) is 26.0 Å². The number of aliphatic hydroxyl groups excluding tert-OH is 1. The van der Waals surface area contributed by atoms with Gasteiger partial charge in [-0.25, -0.2) is 4.98 Å². The van der Waals surface area contributed by atoms with Crippen LogP contribution in [0.1, 0.15) is 13.3 Å². The molecule has 0 bridgehead atoms. The van der Waals surface area contributed by atoms with E-state index < -0.39 is 0 Å². The van der Waals surface area contributed by atoms with Crippen molar-refractivity contribution in [2.75, 3.05) is 18.5 Å². The van der Waals surface area contributed by atoms with Crippen LogP contribution < -0.4 is 4.90 Å². The van der Waals surface area contributed by atoms with Crippen LogP contribution in [0.15, 0.2) is 30.6 Å². The van der Waals surface area contributed by atoms with Gasteiger partial charge in [0.15, 0.2) is 0 Å². The number of hydrogen-bond donors (Lipinski definition) is 1. The topological polar surface area (TPSA) is 40.8 Å². The highest BCUT2D eigenvalue weighted by Gasteiger charge is 2.06. The predicted molar refractivity (Wildman–Crippen MR) is 64.8 cm³/mol. The summed E-state index contributed by atoms with van der Waals surface area (Å²) in [5.41, 5.74) is 0.946. The van der Waals surface area contributed by atoms with Crippen molar-refractivity contribution in [2.45, 2.75) is 19.4 Å². The highest BCUT2D eigenvalue weighted by atomic mass is 16.3. The molecule has 2 rings (SSSR count). The summed E-state index contributed by atoms with van der Waals surface area (Å²) < 4.78 is 2.04. The normalized spacial score (nSPS) is 12.9. The lowest BCUT2D eigenvalue weighted by atomic mass is 10.3. The Morgan fingerprint density at radius 2 is 2.31 bits per heavy atom. The molecule has 1 atom stereocenters. The third-order valence-electron chi connectivity index (χ3n) is 2.68. The fourth-order valence-electron chi connectivity index (χ4n) is 1.74. The van der Waals surface area contributed by atoms with Gasteiger partial charge in [-0.05, 0) is 25.5 Å². The molecule has 0 saturated heterocycles. The van der Waals surface area contributed by atoms with Crippen molar-refractivity contribution in [1.29, 1.82) is 0 Å². The minimum absolute atomic E-state index is 0.260. The third-order valence-corrected chi connectivity index (χ3v) is 2.68. The Hall–Kier alpha value is -1.55. The number of fused-ring (bicyclic) bond motifs is 1. The molecule has 1 unspecified atom stereocenters. The summed E-state index contributed by atoms with van der Waals surface area (Å²) in [7, 11) is 2.02. The van der Waals surface area contributed by atoms with Gasteiger partial charge in [-0.3, -0.25) is 4.40 Å². The second kappa shape index (κ2) is 4.53. The molecule has 86 valence electrons. The number of nitrogens with zero attached hydrogens (tertiary/aromatic N) is 3. The van der Waals surface area contributed by atoms with Crippen LogP contribution in [0.4, 0.5) is 5.82 Å². The molecule has 0 saturated carbocycles. The summed E-state index contributed by atoms with van der Waals surface area (Å²) in [5.74, 6) is 1.09. The number of aromatic nitrogens is 2. The number of anilines is 1. The van der Waals surface area contributed by atoms with Crippen LogP contribution in [0.2, 0.25) is 0 Å². The molecule has 0 aliphatic rings. The fourth-order valence-corrected chi connectivity index (χ4v) is 1.74. The van der Waals surface area contributed by atoms with Crippen molar-refractivity contribution in [3.63, 3.8) is 0 Å². The largest absolute Gasteiger partial charge is 0.393 e. The van der Waals surface area contributed by atoms with Crippen LogP contribution in [0, 0.1) is 0 Å². The zero-order chi connectivity index (χ0) is 11.5. The maximum Gasteiger partial charge on any atom is 0.138 e. The molecule has 4 heteroatoms. The molecule has 2 aromatic rings. The Morgan fingerprint density at radius 1 is 1.50 bits per heavy atom. The number of pyridine rings is 1. The summed E-state index contributed by atoms with van der Waals surface area (Å²) >= 11 is 0. The van der Waals surface area contributed by atoms with Gasteiger partial charge in [-0.2, -0.15) is 0 Å². The van der Waals surface area contributed by atoms with Gasteiger partial charge < -0.3 is 10.0 Å². The van der Waals surface area contributed by atoms with Crippen LogP contribution in [-0.4, -0.2) is 34.2 Å². The van der Waals surface area contributed by atoms with Gasteiger partial charge in [0.25, 0.3) is 0 Å². The summed E-state index contributed by atoms with van der Waals surface area (Å²) in [6, 6.07) is 6.03. The summed E-state index contributed by atoms with van der Waals surface area (Å²) in [6.45, 7) is 2.64. The lowest BCUT2D eigenvalue weighted by Gasteiger charge is -2.21. The first-order valence-electron chi connectivity index (χ1n) is 5.50. The Morgan fingerprint density at radius 3 is 3.06 bits per heavy atom. The van der Waals surface area contributed by atoms with E-state index in [-0.39, 0.29) is 6.10 Å². The van der Waals surface area contributed by atoms with Crippen molar-refractivity contribution in [2.24, 2.45) is 0 Å². The van der Waals surface area contributed by atoms with E-state index in [2.05, 4.69) is 16.0 Å². The van der Waals surface area contributed by atoms with Crippen molar-refractivity contribution in [3.05, 3.63) is 30.6 Å². The lowest BCUT2D eigenvalue weighted by Crippen LogP contribution is -2.23. The highest BCUT2D eigenvalue weighted by molar-refractivity contribution is 5.50. The molecular weight excluding hydrogens is 202 g/mol. The molecule has 0 spiro atoms. The maximum atomic E-state index is 9.28. The van der Waals surface area contributed by atoms with Crippen LogP contribution >= 0.6 is 0 Å². The monoisotopic (exact) mass is 219 g/mol. The minimum Gasteiger partial charge on any atom is -0.393 e. The van der Waals surface area contributed by atoms with E-state index in [1.54, 1.807) is 6.20 Å². The molecule has 0 amide bonds. The SMILES string of the molecule is CC(O)CCN(C)c1cccc2nccn12. The fraction of sp³-hybridized carbons (Fsp3) is 0.417. The zero-order valence-corrected chi connectivity index (χ0v) is 9.67. The molecule has 1 N–H and O–H groups in total. The van der Waals surface area contributed by atoms with E-state index in [1.807, 2.05) is 36.7 Å². The Balaban J connectivity index is 2.22. The molecule has 0 radical (unpaired) electrons. The molecule has 4 nitrogen and oxygen atoms in total. The molecule has 0 aliphatic heterocycles. The highest BCUT2D eigenvalue weighted by Crippen LogP contribution is 2.15. The van der Waals surface area contributed by atoms with E-state index in [0.29, 0.717) is 0 Å². The maximum absolute atomic E-state index is 9.28. The van der Waals surface area contributed by atoms with Gasteiger partial charge in [-0.15, -0.1) is 0 Å². The van der Waals surface area contributed by atoms with E-state index >= 15 is 0 Å². The lowest BCUT2D eigenvalue weighted by molar-refractivity contribution is 0.187. The second-order valence-corrected chi connectivity index (χ2v) is 4.10. The van der Waals surface area contributed by atoms with Gasteiger partial charge in [0.1, 0.15) is 11.5 Å². The number of imidazole rings is 1. The van der Waals surface area contributed by atoms with Gasteiger partial charge in [0.05, 0.1) is 6.10 Å². The van der Waals surface area contributed by atoms with Crippen LogP contribution in [0.5, 0.6) is 0 Å². The molecule has 0 aliphatic carbocycles. The van der Waals surface area contributed by atoms with Gasteiger partial charge in [0.2, 0.25) is 0 Å². The smallest absolute Gasteiger partial charge is 0.138 e. The molecule has 2 heterocycles. The Labute approximate surface area is 95.1 Å². The van der Waals surface area contributed by atoms with Crippen LogP contribution in [0.25, 0.3) is 5.65 Å². The standard InChI is InChI=1S/C12H17N3O/c1-10(16)6-8-14(2)12-5-3-4-11-13-7-9-15(11)12/h3-5,7,9-10,16H,6,8H2,1-2H3. The van der Waals surface area contributed by atoms with E-state index in [0.717, 1.165) is 24.4 Å². The first kappa shape index (κ1) is 11.0. The van der Waals surface area contributed by atoms with E-state index in [4.69, 9.17) is 0 Å². The first-order chi connectivity index (χ1) is 7.68. The van der Waals surface area contributed by atoms with Crippen molar-refractivity contribution in [1.82, 2.24) is 9.38 Å². The third kappa shape index (κ3) is 2.17. The molecule has 0 fully saturated rings. The first-order valence-corrected chi connectivity index (χ1v) is 5.50. The average Bonchev–Trinajstić information content (AvgIpc) is 2.73. The van der Waals surface area contributed by atoms with E-state index in [1.165, 1.54) is 0 Å². The van der Waals surface area contributed by atoms with Crippen molar-refractivity contribution >= 4 is 11.5 Å². The van der Waals surface area contributed by atoms with Crippen LogP contribution in [0.3, 0.4) is 0 Å².